The van der Waals surface area contributed by atoms with Gasteiger partial charge in [0, 0.05) is 18.7 Å². The lowest BCUT2D eigenvalue weighted by atomic mass is 9.99. The third-order valence-corrected chi connectivity index (χ3v) is 4.43. The summed E-state index contributed by atoms with van der Waals surface area (Å²) in [6.07, 6.45) is 1.92. The number of hydrogen-bond acceptors (Lipinski definition) is 4. The number of fused-ring (bicyclic) bond motifs is 1. The molecule has 0 bridgehead atoms. The molecule has 0 amide bonds. The average Bonchev–Trinajstić information content (AvgIpc) is 2.35. The fraction of sp³-hybridized carbons (Fsp3) is 0.500. The Morgan fingerprint density at radius 1 is 1.22 bits per heavy atom. The fourth-order valence-corrected chi connectivity index (χ4v) is 3.01. The third-order valence-electron chi connectivity index (χ3n) is 3.18. The van der Waals surface area contributed by atoms with Gasteiger partial charge in [-0.05, 0) is 18.1 Å². The molecule has 2 rings (SSSR count). The highest BCUT2D eigenvalue weighted by Gasteiger charge is 2.26. The molecule has 0 atom stereocenters. The van der Waals surface area contributed by atoms with Crippen LogP contribution >= 0.6 is 0 Å². The summed E-state index contributed by atoms with van der Waals surface area (Å²) in [4.78, 5) is 0. The van der Waals surface area contributed by atoms with E-state index in [-0.39, 0.29) is 0 Å². The van der Waals surface area contributed by atoms with Crippen molar-refractivity contribution in [3.63, 3.8) is 0 Å². The number of methoxy groups -OCH3 is 2. The van der Waals surface area contributed by atoms with Gasteiger partial charge in [0.2, 0.25) is 10.0 Å². The molecule has 1 aromatic carbocycles. The van der Waals surface area contributed by atoms with Crippen LogP contribution in [0.4, 0.5) is 0 Å². The summed E-state index contributed by atoms with van der Waals surface area (Å²) in [6, 6.07) is 3.82. The molecule has 0 N–H and O–H groups in total. The van der Waals surface area contributed by atoms with Crippen LogP contribution in [-0.4, -0.2) is 39.7 Å². The fourth-order valence-electron chi connectivity index (χ4n) is 2.22. The monoisotopic (exact) mass is 271 g/mol. The van der Waals surface area contributed by atoms with E-state index >= 15 is 0 Å². The first-order valence-corrected chi connectivity index (χ1v) is 7.50. The van der Waals surface area contributed by atoms with E-state index in [2.05, 4.69) is 0 Å². The standard InChI is InChI=1S/C12H17NO4S/c1-16-11-5-4-9-6-7-13(18(3,14)15)8-10(9)12(11)17-2/h4-5H,6-8H2,1-3H3. The van der Waals surface area contributed by atoms with Crippen LogP contribution in [0.25, 0.3) is 0 Å². The number of hydrogen-bond donors (Lipinski definition) is 0. The van der Waals surface area contributed by atoms with Gasteiger partial charge in [-0.2, -0.15) is 4.31 Å². The highest BCUT2D eigenvalue weighted by atomic mass is 32.2. The van der Waals surface area contributed by atoms with Crippen molar-refractivity contribution < 1.29 is 17.9 Å². The molecular weight excluding hydrogens is 254 g/mol. The number of ether oxygens (including phenoxy) is 2. The molecule has 0 aromatic heterocycles. The first-order valence-electron chi connectivity index (χ1n) is 5.65. The lowest BCUT2D eigenvalue weighted by Crippen LogP contribution is -2.35. The molecule has 0 saturated carbocycles. The van der Waals surface area contributed by atoms with Crippen LogP contribution in [-0.2, 0) is 23.0 Å². The first-order chi connectivity index (χ1) is 8.47. The predicted octanol–water partition coefficient (Wildman–Crippen LogP) is 1.02. The lowest BCUT2D eigenvalue weighted by Gasteiger charge is -2.28. The van der Waals surface area contributed by atoms with Crippen LogP contribution in [0.5, 0.6) is 11.5 Å². The van der Waals surface area contributed by atoms with Crippen molar-refractivity contribution in [3.05, 3.63) is 23.3 Å². The van der Waals surface area contributed by atoms with Gasteiger partial charge in [-0.3, -0.25) is 0 Å². The van der Waals surface area contributed by atoms with Crippen molar-refractivity contribution in [1.29, 1.82) is 0 Å². The van der Waals surface area contributed by atoms with Crippen LogP contribution in [0, 0.1) is 0 Å². The van der Waals surface area contributed by atoms with Gasteiger partial charge < -0.3 is 9.47 Å². The molecule has 0 radical (unpaired) electrons. The quantitative estimate of drug-likeness (QED) is 0.823. The molecule has 1 aliphatic heterocycles. The minimum Gasteiger partial charge on any atom is -0.493 e. The van der Waals surface area contributed by atoms with E-state index in [0.717, 1.165) is 11.1 Å². The van der Waals surface area contributed by atoms with E-state index in [1.165, 1.54) is 10.6 Å². The van der Waals surface area contributed by atoms with Crippen molar-refractivity contribution in [3.8, 4) is 11.5 Å². The Labute approximate surface area is 107 Å². The smallest absolute Gasteiger partial charge is 0.211 e. The zero-order chi connectivity index (χ0) is 13.3. The number of sulfonamides is 1. The molecule has 18 heavy (non-hydrogen) atoms. The molecular formula is C12H17NO4S. The van der Waals surface area contributed by atoms with E-state index < -0.39 is 10.0 Å². The SMILES string of the molecule is COc1ccc2c(c1OC)CN(S(C)(=O)=O)CC2. The van der Waals surface area contributed by atoms with E-state index in [1.807, 2.05) is 12.1 Å². The highest BCUT2D eigenvalue weighted by molar-refractivity contribution is 7.88. The van der Waals surface area contributed by atoms with Gasteiger partial charge in [0.1, 0.15) is 0 Å². The molecule has 0 fully saturated rings. The molecule has 100 valence electrons. The van der Waals surface area contributed by atoms with Crippen LogP contribution in [0.3, 0.4) is 0 Å². The molecule has 1 aromatic rings. The van der Waals surface area contributed by atoms with Gasteiger partial charge in [0.15, 0.2) is 11.5 Å². The van der Waals surface area contributed by atoms with Gasteiger partial charge >= 0.3 is 0 Å². The number of rotatable bonds is 3. The second-order valence-corrected chi connectivity index (χ2v) is 6.27. The summed E-state index contributed by atoms with van der Waals surface area (Å²) in [5.74, 6) is 1.26. The molecule has 1 heterocycles. The largest absolute Gasteiger partial charge is 0.493 e. The van der Waals surface area contributed by atoms with Crippen molar-refractivity contribution in [1.82, 2.24) is 4.31 Å². The summed E-state index contributed by atoms with van der Waals surface area (Å²) in [6.45, 7) is 0.857. The molecule has 5 nitrogen and oxygen atoms in total. The zero-order valence-corrected chi connectivity index (χ0v) is 11.6. The first kappa shape index (κ1) is 13.2. The second kappa shape index (κ2) is 4.78. The summed E-state index contributed by atoms with van der Waals surface area (Å²) in [7, 11) is -0.0384. The molecule has 1 aliphatic rings. The van der Waals surface area contributed by atoms with E-state index in [0.29, 0.717) is 31.0 Å². The molecule has 0 aliphatic carbocycles. The topological polar surface area (TPSA) is 55.8 Å². The Hall–Kier alpha value is -1.27. The molecule has 0 spiro atoms. The second-order valence-electron chi connectivity index (χ2n) is 4.29. The summed E-state index contributed by atoms with van der Waals surface area (Å²) in [5, 5.41) is 0. The third kappa shape index (κ3) is 2.30. The van der Waals surface area contributed by atoms with Crippen LogP contribution < -0.4 is 9.47 Å². The van der Waals surface area contributed by atoms with Crippen molar-refractivity contribution in [2.45, 2.75) is 13.0 Å². The Balaban J connectivity index is 2.46. The van der Waals surface area contributed by atoms with Crippen molar-refractivity contribution in [2.75, 3.05) is 27.0 Å². The highest BCUT2D eigenvalue weighted by Crippen LogP contribution is 2.36. The molecule has 0 unspecified atom stereocenters. The Morgan fingerprint density at radius 3 is 2.50 bits per heavy atom. The van der Waals surface area contributed by atoms with Gasteiger partial charge in [-0.25, -0.2) is 8.42 Å². The minimum absolute atomic E-state index is 0.342. The maximum atomic E-state index is 11.6. The zero-order valence-electron chi connectivity index (χ0n) is 10.8. The van der Waals surface area contributed by atoms with Gasteiger partial charge in [0.05, 0.1) is 20.5 Å². The van der Waals surface area contributed by atoms with Crippen LogP contribution in [0.1, 0.15) is 11.1 Å². The van der Waals surface area contributed by atoms with Crippen LogP contribution in [0.2, 0.25) is 0 Å². The van der Waals surface area contributed by atoms with Crippen molar-refractivity contribution in [2.24, 2.45) is 0 Å². The Bertz CT molecular complexity index is 553. The van der Waals surface area contributed by atoms with Crippen molar-refractivity contribution >= 4 is 10.0 Å². The normalized spacial score (nSPS) is 16.2. The number of nitrogens with zero attached hydrogens (tertiary/aromatic N) is 1. The van der Waals surface area contributed by atoms with Gasteiger partial charge in [-0.15, -0.1) is 0 Å². The average molecular weight is 271 g/mol. The number of benzene rings is 1. The summed E-state index contributed by atoms with van der Waals surface area (Å²) >= 11 is 0. The Morgan fingerprint density at radius 2 is 1.94 bits per heavy atom. The lowest BCUT2D eigenvalue weighted by molar-refractivity contribution is 0.335. The summed E-state index contributed by atoms with van der Waals surface area (Å²) in [5.41, 5.74) is 2.01. The van der Waals surface area contributed by atoms with Gasteiger partial charge in [0.25, 0.3) is 0 Å². The maximum absolute atomic E-state index is 11.6. The van der Waals surface area contributed by atoms with E-state index in [1.54, 1.807) is 14.2 Å². The molecule has 0 saturated heterocycles. The maximum Gasteiger partial charge on any atom is 0.211 e. The van der Waals surface area contributed by atoms with E-state index in [4.69, 9.17) is 9.47 Å². The minimum atomic E-state index is -3.18. The molecule has 6 heteroatoms. The Kier molecular flexibility index (Phi) is 3.49. The summed E-state index contributed by atoms with van der Waals surface area (Å²) < 4.78 is 35.2. The van der Waals surface area contributed by atoms with E-state index in [9.17, 15) is 8.42 Å². The van der Waals surface area contributed by atoms with Gasteiger partial charge in [-0.1, -0.05) is 6.07 Å². The van der Waals surface area contributed by atoms with Crippen LogP contribution in [0.15, 0.2) is 12.1 Å². The predicted molar refractivity (Wildman–Crippen MR) is 68.5 cm³/mol.